The molecule has 0 bridgehead atoms. The summed E-state index contributed by atoms with van der Waals surface area (Å²) in [4.78, 5) is 0. The molecule has 0 amide bonds. The molecule has 0 fully saturated rings. The maximum absolute atomic E-state index is 13.7. The van der Waals surface area contributed by atoms with Crippen molar-refractivity contribution < 1.29 is 18.1 Å². The van der Waals surface area contributed by atoms with E-state index in [-0.39, 0.29) is 0 Å². The largest absolute Gasteiger partial charge is 0.474 e. The van der Waals surface area contributed by atoms with Gasteiger partial charge in [0.25, 0.3) is 0 Å². The van der Waals surface area contributed by atoms with Crippen LogP contribution in [-0.4, -0.2) is 19.8 Å². The molecule has 0 aromatic rings. The van der Waals surface area contributed by atoms with Crippen LogP contribution in [0, 0.1) is 0 Å². The first-order valence-electron chi connectivity index (χ1n) is 29.2. The topological polar surface area (TPSA) is 44.8 Å². The quantitative estimate of drug-likeness (QED) is 0.0451. The average molecular weight is 898 g/mol. The summed E-state index contributed by atoms with van der Waals surface area (Å²) in [6.07, 6.45) is 69.0. The molecule has 0 saturated carbocycles. The molecule has 0 spiro atoms. The van der Waals surface area contributed by atoms with Crippen molar-refractivity contribution in [2.75, 3.05) is 19.8 Å². The van der Waals surface area contributed by atoms with Crippen LogP contribution >= 0.6 is 7.82 Å². The summed E-state index contributed by atoms with van der Waals surface area (Å²) in [5.41, 5.74) is 0. The zero-order chi connectivity index (χ0) is 44.8. The highest BCUT2D eigenvalue weighted by Gasteiger charge is 2.26. The Kier molecular flexibility index (Phi) is 55.5. The predicted molar refractivity (Wildman–Crippen MR) is 278 cm³/mol. The van der Waals surface area contributed by atoms with Crippen molar-refractivity contribution in [3.8, 4) is 0 Å². The van der Waals surface area contributed by atoms with Crippen molar-refractivity contribution >= 4 is 7.82 Å². The van der Waals surface area contributed by atoms with Crippen LogP contribution < -0.4 is 0 Å². The Morgan fingerprint density at radius 1 is 0.194 bits per heavy atom. The number of hydrogen-bond donors (Lipinski definition) is 0. The van der Waals surface area contributed by atoms with E-state index in [1.807, 2.05) is 0 Å². The Morgan fingerprint density at radius 2 is 0.306 bits per heavy atom. The number of phosphoric acid groups is 1. The van der Waals surface area contributed by atoms with Crippen LogP contribution in [0.5, 0.6) is 0 Å². The molecule has 0 heterocycles. The van der Waals surface area contributed by atoms with Gasteiger partial charge in [-0.2, -0.15) is 0 Å². The molecule has 62 heavy (non-hydrogen) atoms. The minimum atomic E-state index is -3.49. The molecule has 0 aromatic heterocycles. The van der Waals surface area contributed by atoms with Gasteiger partial charge in [0.1, 0.15) is 0 Å². The van der Waals surface area contributed by atoms with Crippen LogP contribution in [0.3, 0.4) is 0 Å². The van der Waals surface area contributed by atoms with Gasteiger partial charge in [-0.1, -0.05) is 329 Å². The summed E-state index contributed by atoms with van der Waals surface area (Å²) in [5, 5.41) is 0. The molecule has 0 aliphatic carbocycles. The summed E-state index contributed by atoms with van der Waals surface area (Å²) in [6, 6.07) is 0. The highest BCUT2D eigenvalue weighted by molar-refractivity contribution is 7.48. The summed E-state index contributed by atoms with van der Waals surface area (Å²) < 4.78 is 31.5. The Balaban J connectivity index is 4.08. The summed E-state index contributed by atoms with van der Waals surface area (Å²) in [7, 11) is -3.49. The summed E-state index contributed by atoms with van der Waals surface area (Å²) in [6.45, 7) is 8.34. The van der Waals surface area contributed by atoms with Crippen LogP contribution in [0.15, 0.2) is 0 Å². The molecule has 0 atom stereocenters. The Labute approximate surface area is 392 Å². The lowest BCUT2D eigenvalue weighted by molar-refractivity contribution is 0.108. The van der Waals surface area contributed by atoms with Crippen molar-refractivity contribution in [3.05, 3.63) is 0 Å². The zero-order valence-electron chi connectivity index (χ0n) is 43.3. The maximum Gasteiger partial charge on any atom is 0.474 e. The van der Waals surface area contributed by atoms with Crippen LogP contribution in [0.1, 0.15) is 348 Å². The molecule has 374 valence electrons. The second-order valence-corrected chi connectivity index (χ2v) is 21.6. The third-order valence-corrected chi connectivity index (χ3v) is 15.0. The second kappa shape index (κ2) is 55.4. The first-order valence-corrected chi connectivity index (χ1v) is 30.7. The number of phosphoric ester groups is 1. The summed E-state index contributed by atoms with van der Waals surface area (Å²) >= 11 is 0. The van der Waals surface area contributed by atoms with Crippen molar-refractivity contribution in [1.82, 2.24) is 0 Å². The molecule has 0 saturated heterocycles. The van der Waals surface area contributed by atoms with Crippen molar-refractivity contribution in [2.45, 2.75) is 348 Å². The zero-order valence-corrected chi connectivity index (χ0v) is 44.2. The molecule has 0 unspecified atom stereocenters. The fourth-order valence-electron chi connectivity index (χ4n) is 9.12. The van der Waals surface area contributed by atoms with E-state index in [0.29, 0.717) is 19.8 Å². The fourth-order valence-corrected chi connectivity index (χ4v) is 10.4. The maximum atomic E-state index is 13.7. The lowest BCUT2D eigenvalue weighted by Crippen LogP contribution is -2.04. The van der Waals surface area contributed by atoms with Gasteiger partial charge in [-0.15, -0.1) is 0 Å². The number of rotatable bonds is 57. The molecule has 4 nitrogen and oxygen atoms in total. The molecule has 0 N–H and O–H groups in total. The van der Waals surface area contributed by atoms with Gasteiger partial charge in [0, 0.05) is 0 Å². The van der Waals surface area contributed by atoms with Gasteiger partial charge < -0.3 is 0 Å². The third-order valence-electron chi connectivity index (χ3n) is 13.5. The molecule has 5 heteroatoms. The van der Waals surface area contributed by atoms with E-state index < -0.39 is 7.82 Å². The SMILES string of the molecule is CCCCCCCCCCCCCCCCCCCOP(=O)(OCCCCCCCCCCCCCCCCCCC)OCCCCCCCCCCCCCCCCCCC. The molecule has 0 aliphatic rings. The van der Waals surface area contributed by atoms with Gasteiger partial charge in [0.15, 0.2) is 0 Å². The predicted octanol–water partition coefficient (Wildman–Crippen LogP) is 22.1. The lowest BCUT2D eigenvalue weighted by Gasteiger charge is -2.18. The van der Waals surface area contributed by atoms with E-state index in [0.717, 1.165) is 38.5 Å². The number of hydrogen-bond acceptors (Lipinski definition) is 4. The highest BCUT2D eigenvalue weighted by Crippen LogP contribution is 2.50. The minimum Gasteiger partial charge on any atom is -0.287 e. The second-order valence-electron chi connectivity index (χ2n) is 19.9. The van der Waals surface area contributed by atoms with Gasteiger partial charge in [-0.05, 0) is 19.3 Å². The van der Waals surface area contributed by atoms with E-state index in [1.165, 1.54) is 289 Å². The van der Waals surface area contributed by atoms with Crippen LogP contribution in [0.4, 0.5) is 0 Å². The van der Waals surface area contributed by atoms with Gasteiger partial charge in [-0.25, -0.2) is 4.57 Å². The Bertz CT molecular complexity index is 731. The third kappa shape index (κ3) is 52.7. The summed E-state index contributed by atoms with van der Waals surface area (Å²) in [5.74, 6) is 0. The van der Waals surface area contributed by atoms with Crippen molar-refractivity contribution in [3.63, 3.8) is 0 Å². The Hall–Kier alpha value is 0.110. The van der Waals surface area contributed by atoms with E-state index in [1.54, 1.807) is 0 Å². The van der Waals surface area contributed by atoms with Gasteiger partial charge >= 0.3 is 7.82 Å². The molecular formula is C57H117O4P. The fraction of sp³-hybridized carbons (Fsp3) is 1.00. The molecule has 0 aliphatic heterocycles. The first kappa shape index (κ1) is 62.1. The van der Waals surface area contributed by atoms with E-state index in [9.17, 15) is 4.57 Å². The van der Waals surface area contributed by atoms with Crippen LogP contribution in [0.2, 0.25) is 0 Å². The smallest absolute Gasteiger partial charge is 0.287 e. The van der Waals surface area contributed by atoms with Crippen molar-refractivity contribution in [1.29, 1.82) is 0 Å². The highest BCUT2D eigenvalue weighted by atomic mass is 31.2. The number of unbranched alkanes of at least 4 members (excludes halogenated alkanes) is 48. The molecule has 0 radical (unpaired) electrons. The van der Waals surface area contributed by atoms with Crippen LogP contribution in [-0.2, 0) is 18.1 Å². The van der Waals surface area contributed by atoms with E-state index in [2.05, 4.69) is 20.8 Å². The van der Waals surface area contributed by atoms with Gasteiger partial charge in [0.05, 0.1) is 19.8 Å². The monoisotopic (exact) mass is 897 g/mol. The molecule has 0 rings (SSSR count). The van der Waals surface area contributed by atoms with Crippen LogP contribution in [0.25, 0.3) is 0 Å². The van der Waals surface area contributed by atoms with Gasteiger partial charge in [0.2, 0.25) is 0 Å². The molecular weight excluding hydrogens is 780 g/mol. The average Bonchev–Trinajstić information content (AvgIpc) is 3.28. The lowest BCUT2D eigenvalue weighted by atomic mass is 10.0. The van der Waals surface area contributed by atoms with Gasteiger partial charge in [-0.3, -0.25) is 13.6 Å². The minimum absolute atomic E-state index is 0.480. The van der Waals surface area contributed by atoms with Crippen molar-refractivity contribution in [2.24, 2.45) is 0 Å². The van der Waals surface area contributed by atoms with E-state index >= 15 is 0 Å². The molecule has 0 aromatic carbocycles. The first-order chi connectivity index (χ1) is 30.7. The normalized spacial score (nSPS) is 12.0. The Morgan fingerprint density at radius 3 is 0.435 bits per heavy atom. The standard InChI is InChI=1S/C57H117O4P/c1-4-7-10-13-16-19-22-25-28-31-34-37-40-43-46-49-52-55-59-62(58,60-56-53-50-47-44-41-38-35-32-29-26-23-20-17-14-11-8-5-2)61-57-54-51-48-45-42-39-36-33-30-27-24-21-18-15-12-9-6-3/h4-57H2,1-3H3. The van der Waals surface area contributed by atoms with E-state index in [4.69, 9.17) is 13.6 Å².